The second-order valence-corrected chi connectivity index (χ2v) is 7.82. The predicted molar refractivity (Wildman–Crippen MR) is 120 cm³/mol. The Bertz CT molecular complexity index is 1240. The largest absolute Gasteiger partial charge is 0.494 e. The summed E-state index contributed by atoms with van der Waals surface area (Å²) >= 11 is 1.23. The van der Waals surface area contributed by atoms with Crippen molar-refractivity contribution in [3.8, 4) is 5.75 Å². The summed E-state index contributed by atoms with van der Waals surface area (Å²) < 4.78 is 5.42. The Kier molecular flexibility index (Phi) is 5.63. The molecule has 0 saturated heterocycles. The van der Waals surface area contributed by atoms with Gasteiger partial charge in [0.15, 0.2) is 0 Å². The Morgan fingerprint density at radius 2 is 1.87 bits per heavy atom. The number of hydrogen-bond acceptors (Lipinski definition) is 5. The summed E-state index contributed by atoms with van der Waals surface area (Å²) in [5.41, 5.74) is 2.13. The number of rotatable bonds is 6. The number of nitrogens with one attached hydrogen (secondary N) is 2. The molecule has 2 N–H and O–H groups in total. The summed E-state index contributed by atoms with van der Waals surface area (Å²) in [5, 5.41) is 3.35. The molecule has 0 unspecified atom stereocenters. The molecule has 0 spiro atoms. The molecular weight excluding hydrogens is 398 g/mol. The number of amides is 1. The number of anilines is 1. The fourth-order valence-electron chi connectivity index (χ4n) is 3.27. The summed E-state index contributed by atoms with van der Waals surface area (Å²) in [5.74, 6) is 1.07. The number of benzene rings is 2. The Morgan fingerprint density at radius 1 is 1.13 bits per heavy atom. The molecule has 2 aromatic carbocycles. The van der Waals surface area contributed by atoms with Crippen LogP contribution in [0, 0.1) is 6.92 Å². The van der Waals surface area contributed by atoms with Gasteiger partial charge >= 0.3 is 0 Å². The van der Waals surface area contributed by atoms with Crippen LogP contribution in [-0.4, -0.2) is 22.5 Å². The monoisotopic (exact) mass is 419 g/mol. The second kappa shape index (κ2) is 8.51. The molecule has 0 aliphatic heterocycles. The lowest BCUT2D eigenvalue weighted by Crippen LogP contribution is -2.13. The van der Waals surface area contributed by atoms with Crippen LogP contribution in [0.5, 0.6) is 5.75 Å². The minimum Gasteiger partial charge on any atom is -0.494 e. The van der Waals surface area contributed by atoms with Gasteiger partial charge < -0.3 is 15.0 Å². The molecular formula is C23H21N3O3S. The van der Waals surface area contributed by atoms with E-state index in [-0.39, 0.29) is 11.5 Å². The van der Waals surface area contributed by atoms with Gasteiger partial charge in [-0.3, -0.25) is 9.59 Å². The second-order valence-electron chi connectivity index (χ2n) is 6.82. The molecule has 7 heteroatoms. The van der Waals surface area contributed by atoms with E-state index in [2.05, 4.69) is 15.3 Å². The molecule has 4 rings (SSSR count). The number of carbonyl (C=O) groups excluding carboxylic acids is 1. The molecule has 2 aromatic heterocycles. The van der Waals surface area contributed by atoms with E-state index < -0.39 is 0 Å². The molecule has 30 heavy (non-hydrogen) atoms. The topological polar surface area (TPSA) is 84.1 Å². The van der Waals surface area contributed by atoms with E-state index in [4.69, 9.17) is 4.74 Å². The van der Waals surface area contributed by atoms with E-state index in [0.717, 1.165) is 11.3 Å². The maximum atomic E-state index is 12.8. The molecule has 0 aliphatic rings. The summed E-state index contributed by atoms with van der Waals surface area (Å²) in [6, 6.07) is 17.0. The minimum absolute atomic E-state index is 0.222. The first-order chi connectivity index (χ1) is 14.5. The maximum absolute atomic E-state index is 12.8. The standard InChI is InChI=1S/C23H21N3O3S/c1-3-29-17-11-9-16(10-12-17)24-22(28)20-14(2)19-21(27)25-18(26-23(19)30-20)13-15-7-5-4-6-8-15/h4-12H,3,13H2,1-2H3,(H,24,28)(H,25,26,27). The van der Waals surface area contributed by atoms with Gasteiger partial charge in [-0.1, -0.05) is 30.3 Å². The van der Waals surface area contributed by atoms with Gasteiger partial charge in [0.1, 0.15) is 16.4 Å². The molecule has 0 aliphatic carbocycles. The maximum Gasteiger partial charge on any atom is 0.266 e. The van der Waals surface area contributed by atoms with Crippen LogP contribution in [0.25, 0.3) is 10.2 Å². The SMILES string of the molecule is CCOc1ccc(NC(=O)c2sc3nc(Cc4ccccc4)[nH]c(=O)c3c2C)cc1. The fourth-order valence-corrected chi connectivity index (χ4v) is 4.36. The van der Waals surface area contributed by atoms with E-state index >= 15 is 0 Å². The number of ether oxygens (including phenoxy) is 1. The van der Waals surface area contributed by atoms with Gasteiger partial charge in [0.25, 0.3) is 11.5 Å². The molecule has 1 amide bonds. The van der Waals surface area contributed by atoms with Gasteiger partial charge in [-0.25, -0.2) is 4.98 Å². The van der Waals surface area contributed by atoms with Crippen molar-refractivity contribution in [2.75, 3.05) is 11.9 Å². The van der Waals surface area contributed by atoms with Crippen LogP contribution >= 0.6 is 11.3 Å². The van der Waals surface area contributed by atoms with E-state index in [0.29, 0.717) is 45.2 Å². The van der Waals surface area contributed by atoms with Gasteiger partial charge in [0, 0.05) is 12.1 Å². The average molecular weight is 420 g/mol. The minimum atomic E-state index is -0.260. The zero-order chi connectivity index (χ0) is 21.1. The number of aromatic amines is 1. The quantitative estimate of drug-likeness (QED) is 0.481. The highest BCUT2D eigenvalue weighted by molar-refractivity contribution is 7.20. The molecule has 0 saturated carbocycles. The van der Waals surface area contributed by atoms with Crippen LogP contribution in [0.2, 0.25) is 0 Å². The summed E-state index contributed by atoms with van der Waals surface area (Å²) in [6.45, 7) is 4.28. The molecule has 0 fully saturated rings. The first kappa shape index (κ1) is 19.8. The van der Waals surface area contributed by atoms with Crippen LogP contribution in [0.3, 0.4) is 0 Å². The first-order valence-corrected chi connectivity index (χ1v) is 10.5. The number of hydrogen-bond donors (Lipinski definition) is 2. The van der Waals surface area contributed by atoms with Crippen LogP contribution in [0.15, 0.2) is 59.4 Å². The third-order valence-electron chi connectivity index (χ3n) is 4.69. The van der Waals surface area contributed by atoms with Crippen molar-refractivity contribution < 1.29 is 9.53 Å². The first-order valence-electron chi connectivity index (χ1n) is 9.65. The predicted octanol–water partition coefficient (Wildman–Crippen LogP) is 4.53. The van der Waals surface area contributed by atoms with Crippen LogP contribution in [0.4, 0.5) is 5.69 Å². The van der Waals surface area contributed by atoms with E-state index in [1.165, 1.54) is 11.3 Å². The lowest BCUT2D eigenvalue weighted by molar-refractivity contribution is 0.103. The average Bonchev–Trinajstić information content (AvgIpc) is 3.07. The molecule has 4 aromatic rings. The van der Waals surface area contributed by atoms with Gasteiger partial charge in [-0.05, 0) is 49.2 Å². The molecule has 0 atom stereocenters. The number of carbonyl (C=O) groups is 1. The summed E-state index contributed by atoms with van der Waals surface area (Å²) in [7, 11) is 0. The lowest BCUT2D eigenvalue weighted by Gasteiger charge is -2.06. The number of thiophene rings is 1. The number of aromatic nitrogens is 2. The Morgan fingerprint density at radius 3 is 2.57 bits per heavy atom. The van der Waals surface area contributed by atoms with E-state index in [1.807, 2.05) is 37.3 Å². The zero-order valence-electron chi connectivity index (χ0n) is 16.7. The van der Waals surface area contributed by atoms with E-state index in [1.54, 1.807) is 31.2 Å². The van der Waals surface area contributed by atoms with Crippen LogP contribution in [-0.2, 0) is 6.42 Å². The van der Waals surface area contributed by atoms with E-state index in [9.17, 15) is 9.59 Å². The number of aryl methyl sites for hydroxylation is 1. The highest BCUT2D eigenvalue weighted by Crippen LogP contribution is 2.28. The third kappa shape index (κ3) is 4.11. The molecule has 0 radical (unpaired) electrons. The van der Waals surface area contributed by atoms with Gasteiger partial charge in [-0.2, -0.15) is 0 Å². The highest BCUT2D eigenvalue weighted by atomic mass is 32.1. The molecule has 152 valence electrons. The Balaban J connectivity index is 1.61. The molecule has 0 bridgehead atoms. The summed E-state index contributed by atoms with van der Waals surface area (Å²) in [6.07, 6.45) is 0.524. The number of fused-ring (bicyclic) bond motifs is 1. The molecule has 6 nitrogen and oxygen atoms in total. The van der Waals surface area contributed by atoms with Crippen LogP contribution < -0.4 is 15.6 Å². The lowest BCUT2D eigenvalue weighted by atomic mass is 10.1. The van der Waals surface area contributed by atoms with Crippen LogP contribution in [0.1, 0.15) is 33.5 Å². The van der Waals surface area contributed by atoms with Crippen molar-refractivity contribution in [1.82, 2.24) is 9.97 Å². The third-order valence-corrected chi connectivity index (χ3v) is 5.88. The number of H-pyrrole nitrogens is 1. The fraction of sp³-hybridized carbons (Fsp3) is 0.174. The van der Waals surface area contributed by atoms with Crippen molar-refractivity contribution in [2.45, 2.75) is 20.3 Å². The number of nitrogens with zero attached hydrogens (tertiary/aromatic N) is 1. The normalized spacial score (nSPS) is 10.9. The smallest absolute Gasteiger partial charge is 0.266 e. The van der Waals surface area contributed by atoms with Gasteiger partial charge in [-0.15, -0.1) is 11.3 Å². The van der Waals surface area contributed by atoms with Gasteiger partial charge in [0.2, 0.25) is 0 Å². The van der Waals surface area contributed by atoms with Crippen molar-refractivity contribution in [3.63, 3.8) is 0 Å². The van der Waals surface area contributed by atoms with Gasteiger partial charge in [0.05, 0.1) is 16.9 Å². The van der Waals surface area contributed by atoms with Crippen molar-refractivity contribution >= 4 is 33.1 Å². The van der Waals surface area contributed by atoms with Crippen molar-refractivity contribution in [3.05, 3.63) is 86.8 Å². The Labute approximate surface area is 177 Å². The summed E-state index contributed by atoms with van der Waals surface area (Å²) in [4.78, 5) is 34.0. The highest BCUT2D eigenvalue weighted by Gasteiger charge is 2.19. The molecule has 2 heterocycles. The Hall–Kier alpha value is -3.45. The zero-order valence-corrected chi connectivity index (χ0v) is 17.5. The van der Waals surface area contributed by atoms with Crippen molar-refractivity contribution in [2.24, 2.45) is 0 Å². The van der Waals surface area contributed by atoms with Crippen molar-refractivity contribution in [1.29, 1.82) is 0 Å².